The highest BCUT2D eigenvalue weighted by Crippen LogP contribution is 2.26. The monoisotopic (exact) mass is 530 g/mol. The highest BCUT2D eigenvalue weighted by molar-refractivity contribution is 7.89. The molecule has 0 fully saturated rings. The standard InChI is InChI=1S/C28H35FN2O3S2/c1-20(2)31(36(33,34)25-13-9-23(10-14-25)28(4,5)6)19-27(32)30(18-26-21(3)15-16-35-26)17-22-7-11-24(29)12-8-22/h7-16,20H,17-19H2,1-6H3. The van der Waals surface area contributed by atoms with Crippen molar-refractivity contribution in [3.05, 3.63) is 87.4 Å². The summed E-state index contributed by atoms with van der Waals surface area (Å²) in [6.07, 6.45) is 0. The molecule has 0 spiro atoms. The van der Waals surface area contributed by atoms with Gasteiger partial charge in [0.1, 0.15) is 5.82 Å². The van der Waals surface area contributed by atoms with Gasteiger partial charge in [-0.15, -0.1) is 11.3 Å². The number of benzene rings is 2. The summed E-state index contributed by atoms with van der Waals surface area (Å²) in [7, 11) is -3.90. The topological polar surface area (TPSA) is 57.7 Å². The zero-order valence-corrected chi connectivity index (χ0v) is 23.4. The SMILES string of the molecule is Cc1ccsc1CN(Cc1ccc(F)cc1)C(=O)CN(C(C)C)S(=O)(=O)c1ccc(C(C)(C)C)cc1. The van der Waals surface area contributed by atoms with Crippen molar-refractivity contribution in [2.24, 2.45) is 0 Å². The number of amides is 1. The Bertz CT molecular complexity index is 1280. The highest BCUT2D eigenvalue weighted by atomic mass is 32.2. The van der Waals surface area contributed by atoms with Gasteiger partial charge in [-0.1, -0.05) is 45.0 Å². The van der Waals surface area contributed by atoms with E-state index in [-0.39, 0.29) is 35.1 Å². The first-order valence-corrected chi connectivity index (χ1v) is 14.3. The lowest BCUT2D eigenvalue weighted by Gasteiger charge is -2.30. The van der Waals surface area contributed by atoms with Crippen LogP contribution in [0.2, 0.25) is 0 Å². The molecule has 8 heteroatoms. The number of carbonyl (C=O) groups is 1. The summed E-state index contributed by atoms with van der Waals surface area (Å²) < 4.78 is 41.8. The Kier molecular flexibility index (Phi) is 8.75. The molecule has 3 aromatic rings. The number of nitrogens with zero attached hydrogens (tertiary/aromatic N) is 2. The Morgan fingerprint density at radius 1 is 0.972 bits per heavy atom. The Labute approximate surface area is 218 Å². The van der Waals surface area contributed by atoms with Gasteiger partial charge >= 0.3 is 0 Å². The second kappa shape index (κ2) is 11.2. The molecule has 194 valence electrons. The quantitative estimate of drug-likeness (QED) is 0.335. The molecular formula is C28H35FN2O3S2. The predicted molar refractivity (Wildman–Crippen MR) is 144 cm³/mol. The third kappa shape index (κ3) is 6.81. The van der Waals surface area contributed by atoms with Gasteiger partial charge in [0.15, 0.2) is 0 Å². The summed E-state index contributed by atoms with van der Waals surface area (Å²) in [5.41, 5.74) is 2.78. The fourth-order valence-electron chi connectivity index (χ4n) is 3.82. The van der Waals surface area contributed by atoms with Crippen molar-refractivity contribution in [1.82, 2.24) is 9.21 Å². The van der Waals surface area contributed by atoms with Crippen LogP contribution < -0.4 is 0 Å². The first-order valence-electron chi connectivity index (χ1n) is 12.0. The van der Waals surface area contributed by atoms with E-state index in [9.17, 15) is 17.6 Å². The zero-order valence-electron chi connectivity index (χ0n) is 21.8. The largest absolute Gasteiger partial charge is 0.332 e. The van der Waals surface area contributed by atoms with E-state index in [4.69, 9.17) is 0 Å². The number of thiophene rings is 1. The van der Waals surface area contributed by atoms with Crippen LogP contribution >= 0.6 is 11.3 Å². The Hall–Kier alpha value is -2.55. The molecule has 1 amide bonds. The number of rotatable bonds is 9. The number of hydrogen-bond acceptors (Lipinski definition) is 4. The van der Waals surface area contributed by atoms with Crippen LogP contribution in [-0.2, 0) is 33.3 Å². The fourth-order valence-corrected chi connectivity index (χ4v) is 6.33. The maximum Gasteiger partial charge on any atom is 0.243 e. The van der Waals surface area contributed by atoms with Crippen molar-refractivity contribution in [3.63, 3.8) is 0 Å². The van der Waals surface area contributed by atoms with E-state index in [1.165, 1.54) is 16.4 Å². The second-order valence-electron chi connectivity index (χ2n) is 10.3. The molecule has 0 N–H and O–H groups in total. The summed E-state index contributed by atoms with van der Waals surface area (Å²) in [5, 5.41) is 1.97. The van der Waals surface area contributed by atoms with Gasteiger partial charge < -0.3 is 4.90 Å². The van der Waals surface area contributed by atoms with Gasteiger partial charge in [0.2, 0.25) is 15.9 Å². The lowest BCUT2D eigenvalue weighted by atomic mass is 9.87. The smallest absolute Gasteiger partial charge is 0.243 e. The van der Waals surface area contributed by atoms with Crippen LogP contribution in [0.4, 0.5) is 4.39 Å². The van der Waals surface area contributed by atoms with Crippen molar-refractivity contribution >= 4 is 27.3 Å². The highest BCUT2D eigenvalue weighted by Gasteiger charge is 2.31. The van der Waals surface area contributed by atoms with Crippen molar-refractivity contribution < 1.29 is 17.6 Å². The molecule has 0 saturated carbocycles. The van der Waals surface area contributed by atoms with E-state index >= 15 is 0 Å². The van der Waals surface area contributed by atoms with Crippen LogP contribution in [0.3, 0.4) is 0 Å². The molecule has 3 rings (SSSR count). The Balaban J connectivity index is 1.88. The number of hydrogen-bond donors (Lipinski definition) is 0. The minimum Gasteiger partial charge on any atom is -0.332 e. The normalized spacial score (nSPS) is 12.4. The first-order chi connectivity index (χ1) is 16.8. The number of halogens is 1. The van der Waals surface area contributed by atoms with Gasteiger partial charge in [0.25, 0.3) is 0 Å². The fraction of sp³-hybridized carbons (Fsp3) is 0.393. The van der Waals surface area contributed by atoms with E-state index in [0.717, 1.165) is 21.6 Å². The summed E-state index contributed by atoms with van der Waals surface area (Å²) in [6.45, 7) is 12.0. The molecule has 36 heavy (non-hydrogen) atoms. The maximum absolute atomic E-state index is 13.6. The van der Waals surface area contributed by atoms with E-state index < -0.39 is 16.1 Å². The minimum absolute atomic E-state index is 0.100. The van der Waals surface area contributed by atoms with Crippen molar-refractivity contribution in [1.29, 1.82) is 0 Å². The summed E-state index contributed by atoms with van der Waals surface area (Å²) in [6, 6.07) is 14.5. The molecular weight excluding hydrogens is 495 g/mol. The average molecular weight is 531 g/mol. The van der Waals surface area contributed by atoms with Gasteiger partial charge in [-0.3, -0.25) is 4.79 Å². The van der Waals surface area contributed by atoms with Crippen molar-refractivity contribution in [3.8, 4) is 0 Å². The number of carbonyl (C=O) groups excluding carboxylic acids is 1. The van der Waals surface area contributed by atoms with Gasteiger partial charge in [0, 0.05) is 17.5 Å². The molecule has 2 aromatic carbocycles. The summed E-state index contributed by atoms with van der Waals surface area (Å²) in [4.78, 5) is 16.4. The third-order valence-electron chi connectivity index (χ3n) is 6.14. The van der Waals surface area contributed by atoms with Gasteiger partial charge in [0.05, 0.1) is 18.0 Å². The van der Waals surface area contributed by atoms with Crippen LogP contribution in [0.15, 0.2) is 64.9 Å². The predicted octanol–water partition coefficient (Wildman–Crippen LogP) is 6.12. The lowest BCUT2D eigenvalue weighted by molar-refractivity contribution is -0.132. The van der Waals surface area contributed by atoms with Crippen LogP contribution in [0.5, 0.6) is 0 Å². The molecule has 0 atom stereocenters. The Morgan fingerprint density at radius 2 is 1.58 bits per heavy atom. The molecule has 0 unspecified atom stereocenters. The number of sulfonamides is 1. The van der Waals surface area contributed by atoms with Gasteiger partial charge in [-0.25, -0.2) is 12.8 Å². The summed E-state index contributed by atoms with van der Waals surface area (Å²) >= 11 is 1.55. The molecule has 0 radical (unpaired) electrons. The van der Waals surface area contributed by atoms with E-state index in [0.29, 0.717) is 6.54 Å². The average Bonchev–Trinajstić information content (AvgIpc) is 3.21. The second-order valence-corrected chi connectivity index (χ2v) is 13.2. The van der Waals surface area contributed by atoms with E-state index in [2.05, 4.69) is 20.8 Å². The van der Waals surface area contributed by atoms with Gasteiger partial charge in [-0.2, -0.15) is 4.31 Å². The minimum atomic E-state index is -3.90. The van der Waals surface area contributed by atoms with E-state index in [1.807, 2.05) is 30.5 Å². The first kappa shape index (κ1) is 28.0. The molecule has 0 aliphatic rings. The van der Waals surface area contributed by atoms with Crippen LogP contribution in [0, 0.1) is 12.7 Å². The molecule has 0 saturated heterocycles. The third-order valence-corrected chi connectivity index (χ3v) is 9.18. The van der Waals surface area contributed by atoms with Crippen LogP contribution in [0.25, 0.3) is 0 Å². The van der Waals surface area contributed by atoms with Crippen LogP contribution in [-0.4, -0.2) is 36.1 Å². The molecule has 0 aliphatic heterocycles. The molecule has 1 aromatic heterocycles. The molecule has 5 nitrogen and oxygen atoms in total. The van der Waals surface area contributed by atoms with Crippen LogP contribution in [0.1, 0.15) is 56.2 Å². The van der Waals surface area contributed by atoms with Gasteiger partial charge in [-0.05, 0) is 78.6 Å². The zero-order chi connectivity index (χ0) is 26.7. The molecule has 0 bridgehead atoms. The van der Waals surface area contributed by atoms with E-state index in [1.54, 1.807) is 54.3 Å². The number of aryl methyl sites for hydroxylation is 1. The van der Waals surface area contributed by atoms with Crippen molar-refractivity contribution in [2.75, 3.05) is 6.54 Å². The molecule has 1 heterocycles. The lowest BCUT2D eigenvalue weighted by Crippen LogP contribution is -2.45. The Morgan fingerprint density at radius 3 is 2.08 bits per heavy atom. The summed E-state index contributed by atoms with van der Waals surface area (Å²) in [5.74, 6) is -0.656. The maximum atomic E-state index is 13.6. The van der Waals surface area contributed by atoms with Crippen molar-refractivity contribution in [2.45, 2.75) is 71.0 Å². The molecule has 0 aliphatic carbocycles.